The summed E-state index contributed by atoms with van der Waals surface area (Å²) in [6, 6.07) is 7.77. The number of benzene rings is 1. The minimum atomic E-state index is -0.225. The van der Waals surface area contributed by atoms with Crippen molar-refractivity contribution in [3.05, 3.63) is 62.6 Å². The number of carbonyl (C=O) groups is 1. The molecule has 1 fully saturated rings. The lowest BCUT2D eigenvalue weighted by Gasteiger charge is -2.39. The standard InChI is InChI=1S/C21H26N2O3/c1-6-18-15(4)10-17(20(24)22(18)5)21(25)23-11-16(12-23)26-19-13(2)8-7-9-14(19)3/h7-10,16H,6,11-12H2,1-5H3. The zero-order valence-corrected chi connectivity index (χ0v) is 16.1. The van der Waals surface area contributed by atoms with Crippen LogP contribution in [0.3, 0.4) is 0 Å². The smallest absolute Gasteiger partial charge is 0.263 e. The molecule has 0 radical (unpaired) electrons. The van der Waals surface area contributed by atoms with E-state index >= 15 is 0 Å². The van der Waals surface area contributed by atoms with E-state index in [9.17, 15) is 9.59 Å². The average molecular weight is 354 g/mol. The summed E-state index contributed by atoms with van der Waals surface area (Å²) in [4.78, 5) is 27.0. The topological polar surface area (TPSA) is 51.5 Å². The van der Waals surface area contributed by atoms with Crippen LogP contribution in [0.5, 0.6) is 5.75 Å². The molecule has 1 aliphatic heterocycles. The highest BCUT2D eigenvalue weighted by Gasteiger charge is 2.34. The molecule has 1 aromatic carbocycles. The molecule has 1 aromatic heterocycles. The SMILES string of the molecule is CCc1c(C)cc(C(=O)N2CC(Oc3c(C)cccc3C)C2)c(=O)n1C. The summed E-state index contributed by atoms with van der Waals surface area (Å²) >= 11 is 0. The van der Waals surface area contributed by atoms with Gasteiger partial charge in [-0.15, -0.1) is 0 Å². The lowest BCUT2D eigenvalue weighted by atomic mass is 10.1. The molecule has 0 bridgehead atoms. The third-order valence-electron chi connectivity index (χ3n) is 5.15. The Balaban J connectivity index is 1.72. The van der Waals surface area contributed by atoms with Crippen molar-refractivity contribution < 1.29 is 9.53 Å². The number of hydrogen-bond donors (Lipinski definition) is 0. The third-order valence-corrected chi connectivity index (χ3v) is 5.15. The highest BCUT2D eigenvalue weighted by Crippen LogP contribution is 2.26. The minimum absolute atomic E-state index is 0.0291. The number of pyridine rings is 1. The molecule has 3 rings (SSSR count). The summed E-state index contributed by atoms with van der Waals surface area (Å²) in [5.74, 6) is 0.682. The second-order valence-electron chi connectivity index (χ2n) is 7.08. The first-order valence-electron chi connectivity index (χ1n) is 9.05. The zero-order chi connectivity index (χ0) is 19.0. The van der Waals surface area contributed by atoms with Crippen molar-refractivity contribution >= 4 is 5.91 Å². The summed E-state index contributed by atoms with van der Waals surface area (Å²) in [6.45, 7) is 9.00. The molecule has 1 amide bonds. The molecule has 0 atom stereocenters. The Kier molecular flexibility index (Phi) is 4.90. The van der Waals surface area contributed by atoms with Crippen molar-refractivity contribution in [2.45, 2.75) is 40.2 Å². The zero-order valence-electron chi connectivity index (χ0n) is 16.1. The first-order valence-corrected chi connectivity index (χ1v) is 9.05. The lowest BCUT2D eigenvalue weighted by Crippen LogP contribution is -2.57. The van der Waals surface area contributed by atoms with Crippen molar-refractivity contribution in [3.63, 3.8) is 0 Å². The van der Waals surface area contributed by atoms with Crippen LogP contribution in [0.4, 0.5) is 0 Å². The Hall–Kier alpha value is -2.56. The molecule has 26 heavy (non-hydrogen) atoms. The molecular weight excluding hydrogens is 328 g/mol. The van der Waals surface area contributed by atoms with Crippen LogP contribution in [0.25, 0.3) is 0 Å². The summed E-state index contributed by atoms with van der Waals surface area (Å²) in [7, 11) is 1.73. The Morgan fingerprint density at radius 3 is 2.35 bits per heavy atom. The van der Waals surface area contributed by atoms with Gasteiger partial charge in [0.1, 0.15) is 17.4 Å². The Morgan fingerprint density at radius 1 is 1.15 bits per heavy atom. The fraction of sp³-hybridized carbons (Fsp3) is 0.429. The van der Waals surface area contributed by atoms with Crippen LogP contribution in [-0.4, -0.2) is 34.6 Å². The Labute approximate surface area is 154 Å². The van der Waals surface area contributed by atoms with Gasteiger partial charge in [-0.05, 0) is 49.9 Å². The van der Waals surface area contributed by atoms with E-state index in [2.05, 4.69) is 0 Å². The van der Waals surface area contributed by atoms with Gasteiger partial charge in [0, 0.05) is 12.7 Å². The molecule has 5 nitrogen and oxygen atoms in total. The molecule has 2 aromatic rings. The fourth-order valence-electron chi connectivity index (χ4n) is 3.60. The van der Waals surface area contributed by atoms with E-state index in [-0.39, 0.29) is 23.1 Å². The third kappa shape index (κ3) is 3.14. The molecular formula is C21H26N2O3. The molecule has 0 N–H and O–H groups in total. The monoisotopic (exact) mass is 354 g/mol. The second-order valence-corrected chi connectivity index (χ2v) is 7.08. The van der Waals surface area contributed by atoms with Gasteiger partial charge in [0.25, 0.3) is 11.5 Å². The average Bonchev–Trinajstić information content (AvgIpc) is 2.56. The van der Waals surface area contributed by atoms with Gasteiger partial charge in [-0.25, -0.2) is 0 Å². The molecule has 0 spiro atoms. The summed E-state index contributed by atoms with van der Waals surface area (Å²) in [5.41, 5.74) is 4.14. The second kappa shape index (κ2) is 6.98. The van der Waals surface area contributed by atoms with Crippen LogP contribution >= 0.6 is 0 Å². The van der Waals surface area contributed by atoms with Gasteiger partial charge in [0.15, 0.2) is 0 Å². The Bertz CT molecular complexity index is 888. The number of hydrogen-bond acceptors (Lipinski definition) is 3. The molecule has 0 unspecified atom stereocenters. The van der Waals surface area contributed by atoms with Crippen LogP contribution in [-0.2, 0) is 13.5 Å². The predicted octanol–water partition coefficient (Wildman–Crippen LogP) is 2.78. The molecule has 0 saturated carbocycles. The van der Waals surface area contributed by atoms with Crippen LogP contribution in [0.15, 0.2) is 29.1 Å². The number of nitrogens with zero attached hydrogens (tertiary/aromatic N) is 2. The van der Waals surface area contributed by atoms with Crippen molar-refractivity contribution in [1.82, 2.24) is 9.47 Å². The van der Waals surface area contributed by atoms with Crippen LogP contribution in [0, 0.1) is 20.8 Å². The maximum absolute atomic E-state index is 12.7. The number of aryl methyl sites for hydroxylation is 3. The maximum atomic E-state index is 12.7. The molecule has 5 heteroatoms. The van der Waals surface area contributed by atoms with E-state index in [4.69, 9.17) is 4.74 Å². The predicted molar refractivity (Wildman–Crippen MR) is 102 cm³/mol. The molecule has 1 aliphatic rings. The van der Waals surface area contributed by atoms with Crippen molar-refractivity contribution in [1.29, 1.82) is 0 Å². The number of para-hydroxylation sites is 1. The van der Waals surface area contributed by atoms with Crippen LogP contribution in [0.2, 0.25) is 0 Å². The normalized spacial score (nSPS) is 14.3. The summed E-state index contributed by atoms with van der Waals surface area (Å²) < 4.78 is 7.66. The van der Waals surface area contributed by atoms with Gasteiger partial charge >= 0.3 is 0 Å². The number of carbonyl (C=O) groups excluding carboxylic acids is 1. The first-order chi connectivity index (χ1) is 12.3. The van der Waals surface area contributed by atoms with Gasteiger partial charge in [0.05, 0.1) is 13.1 Å². The maximum Gasteiger partial charge on any atom is 0.263 e. The van der Waals surface area contributed by atoms with E-state index in [0.29, 0.717) is 13.1 Å². The largest absolute Gasteiger partial charge is 0.486 e. The summed E-state index contributed by atoms with van der Waals surface area (Å²) in [6.07, 6.45) is 0.736. The molecule has 2 heterocycles. The van der Waals surface area contributed by atoms with Crippen LogP contribution < -0.4 is 10.3 Å². The van der Waals surface area contributed by atoms with Crippen molar-refractivity contribution in [3.8, 4) is 5.75 Å². The number of rotatable bonds is 4. The number of aromatic nitrogens is 1. The number of amides is 1. The molecule has 1 saturated heterocycles. The number of likely N-dealkylation sites (tertiary alicyclic amines) is 1. The quantitative estimate of drug-likeness (QED) is 0.848. The Morgan fingerprint density at radius 2 is 1.77 bits per heavy atom. The van der Waals surface area contributed by atoms with E-state index in [1.165, 1.54) is 0 Å². The van der Waals surface area contributed by atoms with E-state index in [1.807, 2.05) is 45.9 Å². The van der Waals surface area contributed by atoms with Gasteiger partial charge in [-0.3, -0.25) is 9.59 Å². The highest BCUT2D eigenvalue weighted by atomic mass is 16.5. The number of ether oxygens (including phenoxy) is 1. The summed E-state index contributed by atoms with van der Waals surface area (Å²) in [5, 5.41) is 0. The van der Waals surface area contributed by atoms with Crippen LogP contribution in [0.1, 0.15) is 39.7 Å². The van der Waals surface area contributed by atoms with E-state index in [1.54, 1.807) is 22.6 Å². The van der Waals surface area contributed by atoms with Crippen molar-refractivity contribution in [2.24, 2.45) is 7.05 Å². The molecule has 138 valence electrons. The molecule has 0 aliphatic carbocycles. The lowest BCUT2D eigenvalue weighted by molar-refractivity contribution is 0.0171. The van der Waals surface area contributed by atoms with Gasteiger partial charge in [0.2, 0.25) is 0 Å². The van der Waals surface area contributed by atoms with E-state index < -0.39 is 0 Å². The van der Waals surface area contributed by atoms with Gasteiger partial charge in [-0.2, -0.15) is 0 Å². The van der Waals surface area contributed by atoms with Gasteiger partial charge in [-0.1, -0.05) is 25.1 Å². The highest BCUT2D eigenvalue weighted by molar-refractivity contribution is 5.94. The van der Waals surface area contributed by atoms with Crippen molar-refractivity contribution in [2.75, 3.05) is 13.1 Å². The minimum Gasteiger partial charge on any atom is -0.486 e. The van der Waals surface area contributed by atoms with E-state index in [0.717, 1.165) is 34.6 Å². The fourth-order valence-corrected chi connectivity index (χ4v) is 3.60. The van der Waals surface area contributed by atoms with Gasteiger partial charge < -0.3 is 14.2 Å². The first kappa shape index (κ1) is 18.2.